The molecule has 1 heterocycles. The minimum Gasteiger partial charge on any atom is -0.496 e. The van der Waals surface area contributed by atoms with E-state index in [-0.39, 0.29) is 31.0 Å². The third kappa shape index (κ3) is 3.94. The summed E-state index contributed by atoms with van der Waals surface area (Å²) in [7, 11) is 1.51. The molecular formula is C27H23N5O3. The summed E-state index contributed by atoms with van der Waals surface area (Å²) >= 11 is 0. The first-order valence-corrected chi connectivity index (χ1v) is 11.0. The van der Waals surface area contributed by atoms with Gasteiger partial charge in [-0.2, -0.15) is 15.8 Å². The van der Waals surface area contributed by atoms with Crippen molar-refractivity contribution in [2.24, 2.45) is 17.1 Å². The highest BCUT2D eigenvalue weighted by Gasteiger charge is 2.55. The van der Waals surface area contributed by atoms with E-state index >= 15 is 0 Å². The molecule has 0 fully saturated rings. The lowest BCUT2D eigenvalue weighted by Crippen LogP contribution is -2.49. The van der Waals surface area contributed by atoms with E-state index in [0.29, 0.717) is 16.9 Å². The number of hydrogen-bond donors (Lipinski definition) is 1. The van der Waals surface area contributed by atoms with Gasteiger partial charge in [-0.1, -0.05) is 54.6 Å². The second kappa shape index (κ2) is 9.63. The lowest BCUT2D eigenvalue weighted by molar-refractivity contribution is 0.0897. The van der Waals surface area contributed by atoms with Crippen molar-refractivity contribution >= 4 is 6.09 Å². The van der Waals surface area contributed by atoms with E-state index in [1.54, 1.807) is 30.3 Å². The number of amides is 1. The number of carbonyl (C=O) groups is 1. The van der Waals surface area contributed by atoms with E-state index in [9.17, 15) is 20.6 Å². The smallest absolute Gasteiger partial charge is 0.410 e. The van der Waals surface area contributed by atoms with Crippen LogP contribution in [0.3, 0.4) is 0 Å². The number of fused-ring (bicyclic) bond motifs is 1. The van der Waals surface area contributed by atoms with E-state index in [2.05, 4.69) is 18.2 Å². The fourth-order valence-electron chi connectivity index (χ4n) is 4.91. The van der Waals surface area contributed by atoms with Gasteiger partial charge in [-0.25, -0.2) is 4.79 Å². The number of nitrogens with zero attached hydrogens (tertiary/aromatic N) is 4. The minimum absolute atomic E-state index is 0.0801. The second-order valence-electron chi connectivity index (χ2n) is 8.36. The molecule has 2 N–H and O–H groups in total. The van der Waals surface area contributed by atoms with Crippen molar-refractivity contribution in [1.29, 1.82) is 15.8 Å². The van der Waals surface area contributed by atoms with Crippen LogP contribution in [0.25, 0.3) is 0 Å². The number of hydrogen-bond acceptors (Lipinski definition) is 7. The average Bonchev–Trinajstić information content (AvgIpc) is 2.91. The molecule has 2 aromatic carbocycles. The van der Waals surface area contributed by atoms with Gasteiger partial charge in [-0.3, -0.25) is 0 Å². The van der Waals surface area contributed by atoms with Gasteiger partial charge >= 0.3 is 6.09 Å². The summed E-state index contributed by atoms with van der Waals surface area (Å²) < 4.78 is 11.1. The molecule has 2 atom stereocenters. The maximum atomic E-state index is 12.9. The largest absolute Gasteiger partial charge is 0.496 e. The van der Waals surface area contributed by atoms with Crippen LogP contribution in [0.2, 0.25) is 0 Å². The predicted molar refractivity (Wildman–Crippen MR) is 126 cm³/mol. The Bertz CT molecular complexity index is 1310. The van der Waals surface area contributed by atoms with Crippen molar-refractivity contribution in [1.82, 2.24) is 4.90 Å². The van der Waals surface area contributed by atoms with Crippen molar-refractivity contribution in [2.45, 2.75) is 12.5 Å². The van der Waals surface area contributed by atoms with Crippen molar-refractivity contribution < 1.29 is 14.3 Å². The van der Waals surface area contributed by atoms with Gasteiger partial charge in [0, 0.05) is 30.5 Å². The molecule has 4 rings (SSSR count). The van der Waals surface area contributed by atoms with Crippen LogP contribution in [0.1, 0.15) is 17.0 Å². The minimum atomic E-state index is -1.82. The average molecular weight is 466 g/mol. The van der Waals surface area contributed by atoms with Gasteiger partial charge < -0.3 is 20.1 Å². The normalized spacial score (nSPS) is 20.4. The quantitative estimate of drug-likeness (QED) is 0.726. The van der Waals surface area contributed by atoms with Crippen LogP contribution < -0.4 is 10.5 Å². The lowest BCUT2D eigenvalue weighted by Gasteiger charge is -2.45. The molecule has 174 valence electrons. The molecule has 2 aromatic rings. The summed E-state index contributed by atoms with van der Waals surface area (Å²) in [5.41, 5.74) is 6.64. The van der Waals surface area contributed by atoms with Crippen LogP contribution in [-0.2, 0) is 11.3 Å². The number of methoxy groups -OCH3 is 1. The molecule has 1 aliphatic carbocycles. The summed E-state index contributed by atoms with van der Waals surface area (Å²) in [4.78, 5) is 14.5. The van der Waals surface area contributed by atoms with E-state index in [4.69, 9.17) is 15.2 Å². The first-order chi connectivity index (χ1) is 17.0. The molecule has 0 bridgehead atoms. The summed E-state index contributed by atoms with van der Waals surface area (Å²) in [5, 5.41) is 30.4. The first kappa shape index (κ1) is 23.4. The summed E-state index contributed by atoms with van der Waals surface area (Å²) in [6.07, 6.45) is 1.23. The van der Waals surface area contributed by atoms with Gasteiger partial charge in [0.25, 0.3) is 0 Å². The van der Waals surface area contributed by atoms with Crippen molar-refractivity contribution in [2.75, 3.05) is 20.2 Å². The molecule has 2 aliphatic rings. The highest BCUT2D eigenvalue weighted by Crippen LogP contribution is 2.55. The summed E-state index contributed by atoms with van der Waals surface area (Å²) in [6, 6.07) is 22.7. The topological polar surface area (TPSA) is 136 Å². The number of nitriles is 3. The Labute approximate surface area is 203 Å². The molecule has 8 nitrogen and oxygen atoms in total. The SMILES string of the molecule is COc1ccccc1[C@H]1[C@@H]2CN(C(=O)OCc3ccccc3)CC=C2C(C#N)=C(N)C1(C#N)C#N. The molecule has 8 heteroatoms. The van der Waals surface area contributed by atoms with Crippen LogP contribution in [0.5, 0.6) is 5.75 Å². The molecule has 0 saturated carbocycles. The fourth-order valence-corrected chi connectivity index (χ4v) is 4.91. The van der Waals surface area contributed by atoms with E-state index in [0.717, 1.165) is 5.56 Å². The molecule has 0 saturated heterocycles. The summed E-state index contributed by atoms with van der Waals surface area (Å²) in [5.74, 6) is -0.837. The standard InChI is InChI=1S/C27H23N5O3/c1-34-23-10-6-5-9-20(23)24-22-14-32(26(33)35-15-18-7-3-2-4-8-18)12-11-19(22)21(13-28)25(31)27(24,16-29)17-30/h2-11,22,24H,12,14-15,31H2,1H3/t22-,24+/m1/s1. The number of allylic oxidation sites excluding steroid dienone is 2. The highest BCUT2D eigenvalue weighted by atomic mass is 16.6. The van der Waals surface area contributed by atoms with Crippen LogP contribution >= 0.6 is 0 Å². The third-order valence-corrected chi connectivity index (χ3v) is 6.60. The molecule has 0 unspecified atom stereocenters. The number of benzene rings is 2. The van der Waals surface area contributed by atoms with Crippen LogP contribution in [0.4, 0.5) is 4.79 Å². The predicted octanol–water partition coefficient (Wildman–Crippen LogP) is 3.76. The molecule has 1 amide bonds. The zero-order valence-electron chi connectivity index (χ0n) is 19.1. The number of nitrogens with two attached hydrogens (primary N) is 1. The Kier molecular flexibility index (Phi) is 6.44. The first-order valence-electron chi connectivity index (χ1n) is 11.0. The van der Waals surface area contributed by atoms with Crippen LogP contribution in [0, 0.1) is 45.3 Å². The molecule has 0 radical (unpaired) electrons. The molecule has 0 spiro atoms. The zero-order chi connectivity index (χ0) is 25.0. The van der Waals surface area contributed by atoms with Gasteiger partial charge in [0.1, 0.15) is 18.4 Å². The molecule has 1 aliphatic heterocycles. The Morgan fingerprint density at radius 1 is 1.11 bits per heavy atom. The molecule has 35 heavy (non-hydrogen) atoms. The third-order valence-electron chi connectivity index (χ3n) is 6.60. The second-order valence-corrected chi connectivity index (χ2v) is 8.36. The Morgan fingerprint density at radius 3 is 2.46 bits per heavy atom. The Hall–Kier alpha value is -4.74. The van der Waals surface area contributed by atoms with Crippen molar-refractivity contribution in [3.63, 3.8) is 0 Å². The number of ether oxygens (including phenoxy) is 2. The summed E-state index contributed by atoms with van der Waals surface area (Å²) in [6.45, 7) is 0.471. The van der Waals surface area contributed by atoms with Gasteiger partial charge in [0.2, 0.25) is 0 Å². The highest BCUT2D eigenvalue weighted by molar-refractivity contribution is 5.69. The van der Waals surface area contributed by atoms with Gasteiger partial charge in [-0.05, 0) is 17.2 Å². The number of rotatable bonds is 4. The van der Waals surface area contributed by atoms with Crippen LogP contribution in [0.15, 0.2) is 77.5 Å². The van der Waals surface area contributed by atoms with E-state index in [1.807, 2.05) is 30.3 Å². The zero-order valence-corrected chi connectivity index (χ0v) is 19.1. The number of para-hydroxylation sites is 1. The maximum absolute atomic E-state index is 12.9. The molecule has 0 aromatic heterocycles. The molecular weight excluding hydrogens is 442 g/mol. The number of carbonyl (C=O) groups excluding carboxylic acids is 1. The van der Waals surface area contributed by atoms with Gasteiger partial charge in [-0.15, -0.1) is 0 Å². The Balaban J connectivity index is 1.76. The maximum Gasteiger partial charge on any atom is 0.410 e. The van der Waals surface area contributed by atoms with Gasteiger partial charge in [0.15, 0.2) is 5.41 Å². The van der Waals surface area contributed by atoms with Crippen LogP contribution in [-0.4, -0.2) is 31.2 Å². The van der Waals surface area contributed by atoms with E-state index in [1.165, 1.54) is 12.0 Å². The Morgan fingerprint density at radius 2 is 1.80 bits per heavy atom. The monoisotopic (exact) mass is 465 g/mol. The van der Waals surface area contributed by atoms with Crippen molar-refractivity contribution in [3.8, 4) is 24.0 Å². The lowest BCUT2D eigenvalue weighted by atomic mass is 9.58. The van der Waals surface area contributed by atoms with E-state index < -0.39 is 23.3 Å². The van der Waals surface area contributed by atoms with Crippen molar-refractivity contribution in [3.05, 3.63) is 88.6 Å². The fraction of sp³-hybridized carbons (Fsp3) is 0.259. The van der Waals surface area contributed by atoms with Gasteiger partial charge in [0.05, 0.1) is 30.5 Å².